The molecule has 4 rings (SSSR count). The zero-order chi connectivity index (χ0) is 19.7. The largest absolute Gasteiger partial charge is 0.484 e. The Hall–Kier alpha value is -3.15. The van der Waals surface area contributed by atoms with Crippen LogP contribution < -0.4 is 15.6 Å². The van der Waals surface area contributed by atoms with Gasteiger partial charge < -0.3 is 14.6 Å². The number of carbonyl (C=O) groups excluding carboxylic acids is 1. The second-order valence-corrected chi connectivity index (χ2v) is 7.19. The molecule has 5 nitrogen and oxygen atoms in total. The van der Waals surface area contributed by atoms with E-state index in [0.29, 0.717) is 16.8 Å². The number of nitrogens with zero attached hydrogens (tertiary/aromatic N) is 1. The summed E-state index contributed by atoms with van der Waals surface area (Å²) in [7, 11) is 0. The van der Waals surface area contributed by atoms with Crippen molar-refractivity contribution in [2.75, 3.05) is 6.61 Å². The van der Waals surface area contributed by atoms with Gasteiger partial charge in [-0.2, -0.15) is 0 Å². The lowest BCUT2D eigenvalue weighted by Crippen LogP contribution is -2.30. The molecule has 0 spiro atoms. The molecule has 1 amide bonds. The van der Waals surface area contributed by atoms with E-state index in [1.807, 2.05) is 13.0 Å². The van der Waals surface area contributed by atoms with E-state index in [4.69, 9.17) is 4.74 Å². The number of hydrogen-bond donors (Lipinski definition) is 1. The van der Waals surface area contributed by atoms with E-state index in [1.165, 1.54) is 12.1 Å². The molecule has 0 radical (unpaired) electrons. The maximum absolute atomic E-state index is 13.5. The van der Waals surface area contributed by atoms with Crippen LogP contribution in [0.4, 0.5) is 4.39 Å². The minimum absolute atomic E-state index is 0.0675. The Balaban J connectivity index is 1.65. The first-order valence-electron chi connectivity index (χ1n) is 9.30. The molecule has 0 atom stereocenters. The standard InChI is InChI=1S/C22H21FN2O3/c1-14-9-22(27)25(12-15-3-2-4-16(23)10-15)20-11-18(7-8-19(14)20)28-13-21(26)24-17-5-6-17/h2-4,7-11,17H,5-6,12-13H2,1H3,(H,24,26). The molecule has 1 saturated carbocycles. The van der Waals surface area contributed by atoms with Gasteiger partial charge in [0, 0.05) is 23.6 Å². The quantitative estimate of drug-likeness (QED) is 0.715. The molecule has 6 heteroatoms. The van der Waals surface area contributed by atoms with Crippen LogP contribution in [0.2, 0.25) is 0 Å². The number of aromatic nitrogens is 1. The van der Waals surface area contributed by atoms with Gasteiger partial charge in [-0.3, -0.25) is 9.59 Å². The minimum atomic E-state index is -0.340. The zero-order valence-corrected chi connectivity index (χ0v) is 15.6. The SMILES string of the molecule is Cc1cc(=O)n(Cc2cccc(F)c2)c2cc(OCC(=O)NC3CC3)ccc12. The van der Waals surface area contributed by atoms with E-state index < -0.39 is 0 Å². The van der Waals surface area contributed by atoms with Crippen molar-refractivity contribution in [3.05, 3.63) is 75.8 Å². The van der Waals surface area contributed by atoms with Gasteiger partial charge in [-0.25, -0.2) is 4.39 Å². The second-order valence-electron chi connectivity index (χ2n) is 7.19. The first kappa shape index (κ1) is 18.2. The molecule has 0 saturated heterocycles. The van der Waals surface area contributed by atoms with Crippen molar-refractivity contribution >= 4 is 16.8 Å². The van der Waals surface area contributed by atoms with E-state index in [0.717, 1.165) is 23.8 Å². The molecule has 28 heavy (non-hydrogen) atoms. The van der Waals surface area contributed by atoms with Gasteiger partial charge in [-0.1, -0.05) is 12.1 Å². The highest BCUT2D eigenvalue weighted by atomic mass is 19.1. The summed E-state index contributed by atoms with van der Waals surface area (Å²) in [5, 5.41) is 3.78. The molecule has 1 N–H and O–H groups in total. The predicted octanol–water partition coefficient (Wildman–Crippen LogP) is 3.15. The number of pyridine rings is 1. The van der Waals surface area contributed by atoms with Crippen LogP contribution in [-0.4, -0.2) is 23.1 Å². The summed E-state index contributed by atoms with van der Waals surface area (Å²) in [5.74, 6) is 0.0214. The first-order valence-corrected chi connectivity index (χ1v) is 9.30. The van der Waals surface area contributed by atoms with Crippen LogP contribution in [0.25, 0.3) is 10.9 Å². The number of halogens is 1. The Bertz CT molecular complexity index is 1100. The Morgan fingerprint density at radius 3 is 2.79 bits per heavy atom. The Morgan fingerprint density at radius 2 is 2.04 bits per heavy atom. The third-order valence-corrected chi connectivity index (χ3v) is 4.83. The molecule has 1 fully saturated rings. The average molecular weight is 380 g/mol. The number of fused-ring (bicyclic) bond motifs is 1. The molecular weight excluding hydrogens is 359 g/mol. The Labute approximate surface area is 161 Å². The molecule has 1 aromatic heterocycles. The lowest BCUT2D eigenvalue weighted by molar-refractivity contribution is -0.123. The van der Waals surface area contributed by atoms with Crippen LogP contribution in [0.5, 0.6) is 5.75 Å². The molecule has 1 aliphatic rings. The molecule has 1 aliphatic carbocycles. The second kappa shape index (κ2) is 7.46. The maximum Gasteiger partial charge on any atom is 0.258 e. The van der Waals surface area contributed by atoms with Crippen LogP contribution in [0, 0.1) is 12.7 Å². The van der Waals surface area contributed by atoms with Crippen molar-refractivity contribution in [2.24, 2.45) is 0 Å². The number of carbonyl (C=O) groups is 1. The van der Waals surface area contributed by atoms with Gasteiger partial charge in [-0.15, -0.1) is 0 Å². The monoisotopic (exact) mass is 380 g/mol. The molecule has 144 valence electrons. The lowest BCUT2D eigenvalue weighted by atomic mass is 10.1. The third-order valence-electron chi connectivity index (χ3n) is 4.83. The van der Waals surface area contributed by atoms with Gasteiger partial charge in [0.25, 0.3) is 11.5 Å². The first-order chi connectivity index (χ1) is 13.5. The smallest absolute Gasteiger partial charge is 0.258 e. The van der Waals surface area contributed by atoms with E-state index in [1.54, 1.807) is 34.9 Å². The molecule has 0 bridgehead atoms. The van der Waals surface area contributed by atoms with Crippen molar-refractivity contribution < 1.29 is 13.9 Å². The molecular formula is C22H21FN2O3. The maximum atomic E-state index is 13.5. The molecule has 1 heterocycles. The molecule has 0 unspecified atom stereocenters. The molecule has 3 aromatic rings. The summed E-state index contributed by atoms with van der Waals surface area (Å²) in [6.07, 6.45) is 2.04. The van der Waals surface area contributed by atoms with Crippen LogP contribution in [-0.2, 0) is 11.3 Å². The van der Waals surface area contributed by atoms with E-state index in [-0.39, 0.29) is 36.5 Å². The number of rotatable bonds is 6. The van der Waals surface area contributed by atoms with E-state index in [2.05, 4.69) is 5.32 Å². The zero-order valence-electron chi connectivity index (χ0n) is 15.6. The van der Waals surface area contributed by atoms with Crippen molar-refractivity contribution in [3.8, 4) is 5.75 Å². The number of nitrogens with one attached hydrogen (secondary N) is 1. The van der Waals surface area contributed by atoms with Gasteiger partial charge in [0.1, 0.15) is 11.6 Å². The number of aryl methyl sites for hydroxylation is 1. The van der Waals surface area contributed by atoms with Crippen molar-refractivity contribution in [1.82, 2.24) is 9.88 Å². The van der Waals surface area contributed by atoms with Crippen LogP contribution in [0.3, 0.4) is 0 Å². The fraction of sp³-hybridized carbons (Fsp3) is 0.273. The Kier molecular flexibility index (Phi) is 4.86. The summed E-state index contributed by atoms with van der Waals surface area (Å²) in [6.45, 7) is 2.06. The fourth-order valence-corrected chi connectivity index (χ4v) is 3.24. The van der Waals surface area contributed by atoms with Gasteiger partial charge in [0.2, 0.25) is 0 Å². The highest BCUT2D eigenvalue weighted by Gasteiger charge is 2.23. The summed E-state index contributed by atoms with van der Waals surface area (Å²) < 4.78 is 20.8. The summed E-state index contributed by atoms with van der Waals surface area (Å²) in [5.41, 5.74) is 2.07. The topological polar surface area (TPSA) is 60.3 Å². The van der Waals surface area contributed by atoms with Crippen LogP contribution in [0.1, 0.15) is 24.0 Å². The van der Waals surface area contributed by atoms with Gasteiger partial charge in [-0.05, 0) is 55.2 Å². The van der Waals surface area contributed by atoms with Crippen molar-refractivity contribution in [3.63, 3.8) is 0 Å². The minimum Gasteiger partial charge on any atom is -0.484 e. The van der Waals surface area contributed by atoms with Crippen molar-refractivity contribution in [2.45, 2.75) is 32.4 Å². The average Bonchev–Trinajstić information content (AvgIpc) is 3.47. The fourth-order valence-electron chi connectivity index (χ4n) is 3.24. The number of hydrogen-bond acceptors (Lipinski definition) is 3. The Morgan fingerprint density at radius 1 is 1.21 bits per heavy atom. The van der Waals surface area contributed by atoms with Crippen LogP contribution in [0.15, 0.2) is 53.3 Å². The summed E-state index contributed by atoms with van der Waals surface area (Å²) in [6, 6.07) is 13.5. The lowest BCUT2D eigenvalue weighted by Gasteiger charge is -2.14. The molecule has 0 aliphatic heterocycles. The number of amides is 1. The van der Waals surface area contributed by atoms with Gasteiger partial charge >= 0.3 is 0 Å². The van der Waals surface area contributed by atoms with E-state index >= 15 is 0 Å². The highest BCUT2D eigenvalue weighted by molar-refractivity contribution is 5.84. The summed E-state index contributed by atoms with van der Waals surface area (Å²) >= 11 is 0. The van der Waals surface area contributed by atoms with Gasteiger partial charge in [0.05, 0.1) is 12.1 Å². The van der Waals surface area contributed by atoms with E-state index in [9.17, 15) is 14.0 Å². The molecule has 2 aromatic carbocycles. The number of benzene rings is 2. The van der Waals surface area contributed by atoms with Crippen LogP contribution >= 0.6 is 0 Å². The third kappa shape index (κ3) is 4.06. The normalized spacial score (nSPS) is 13.5. The number of ether oxygens (including phenoxy) is 1. The highest BCUT2D eigenvalue weighted by Crippen LogP contribution is 2.23. The summed E-state index contributed by atoms with van der Waals surface area (Å²) in [4.78, 5) is 24.5. The van der Waals surface area contributed by atoms with Crippen molar-refractivity contribution in [1.29, 1.82) is 0 Å². The van der Waals surface area contributed by atoms with Gasteiger partial charge in [0.15, 0.2) is 6.61 Å². The predicted molar refractivity (Wildman–Crippen MR) is 105 cm³/mol.